The number of nitrogens with zero attached hydrogens (tertiary/aromatic N) is 3. The summed E-state index contributed by atoms with van der Waals surface area (Å²) in [5.74, 6) is -0.319. The Labute approximate surface area is 117 Å². The van der Waals surface area contributed by atoms with E-state index in [4.69, 9.17) is 15.3 Å². The standard InChI is InChI=1S/C15H14FN3O/c16-15-8-12(7-13(9-17)10-18)1-2-14(15)11-19-3-5-20-6-4-19/h1-2,7-8H,3-6,11H2. The van der Waals surface area contributed by atoms with Gasteiger partial charge in [-0.25, -0.2) is 4.39 Å². The van der Waals surface area contributed by atoms with Gasteiger partial charge in [0, 0.05) is 25.2 Å². The van der Waals surface area contributed by atoms with E-state index in [2.05, 4.69) is 4.90 Å². The SMILES string of the molecule is N#CC(C#N)=Cc1ccc(CN2CCOCC2)c(F)c1. The minimum Gasteiger partial charge on any atom is -0.379 e. The van der Waals surface area contributed by atoms with Gasteiger partial charge in [0.25, 0.3) is 0 Å². The van der Waals surface area contributed by atoms with Crippen molar-refractivity contribution < 1.29 is 9.13 Å². The lowest BCUT2D eigenvalue weighted by Gasteiger charge is -2.26. The van der Waals surface area contributed by atoms with E-state index in [1.165, 1.54) is 12.1 Å². The Kier molecular flexibility index (Phi) is 4.84. The van der Waals surface area contributed by atoms with Gasteiger partial charge in [-0.3, -0.25) is 4.90 Å². The number of halogens is 1. The predicted octanol–water partition coefficient (Wildman–Crippen LogP) is 2.09. The summed E-state index contributed by atoms with van der Waals surface area (Å²) in [5.41, 5.74) is 1.09. The predicted molar refractivity (Wildman–Crippen MR) is 71.7 cm³/mol. The van der Waals surface area contributed by atoms with Gasteiger partial charge >= 0.3 is 0 Å². The van der Waals surface area contributed by atoms with Crippen LogP contribution in [0.1, 0.15) is 11.1 Å². The smallest absolute Gasteiger partial charge is 0.130 e. The molecule has 0 radical (unpaired) electrons. The summed E-state index contributed by atoms with van der Waals surface area (Å²) in [7, 11) is 0. The third-order valence-corrected chi connectivity index (χ3v) is 3.13. The molecule has 1 aromatic carbocycles. The van der Waals surface area contributed by atoms with Gasteiger partial charge in [-0.15, -0.1) is 0 Å². The third kappa shape index (κ3) is 3.64. The molecule has 1 saturated heterocycles. The van der Waals surface area contributed by atoms with Crippen LogP contribution in [0, 0.1) is 28.5 Å². The summed E-state index contributed by atoms with van der Waals surface area (Å²) in [6, 6.07) is 8.28. The number of ether oxygens (including phenoxy) is 1. The number of hydrogen-bond acceptors (Lipinski definition) is 4. The molecular weight excluding hydrogens is 257 g/mol. The van der Waals surface area contributed by atoms with Crippen molar-refractivity contribution in [1.29, 1.82) is 10.5 Å². The maximum absolute atomic E-state index is 14.0. The summed E-state index contributed by atoms with van der Waals surface area (Å²) in [5, 5.41) is 17.3. The van der Waals surface area contributed by atoms with Crippen LogP contribution in [-0.4, -0.2) is 31.2 Å². The minimum atomic E-state index is -0.319. The Hall–Kier alpha value is -2.21. The van der Waals surface area contributed by atoms with Crippen molar-refractivity contribution in [3.63, 3.8) is 0 Å². The lowest BCUT2D eigenvalue weighted by molar-refractivity contribution is 0.0337. The van der Waals surface area contributed by atoms with Crippen LogP contribution >= 0.6 is 0 Å². The highest BCUT2D eigenvalue weighted by Gasteiger charge is 2.13. The molecule has 0 atom stereocenters. The van der Waals surface area contributed by atoms with Crippen molar-refractivity contribution in [1.82, 2.24) is 4.90 Å². The fourth-order valence-electron chi connectivity index (χ4n) is 2.04. The second-order valence-electron chi connectivity index (χ2n) is 4.52. The van der Waals surface area contributed by atoms with Crippen molar-refractivity contribution in [3.8, 4) is 12.1 Å². The first-order valence-electron chi connectivity index (χ1n) is 6.33. The van der Waals surface area contributed by atoms with Crippen LogP contribution in [-0.2, 0) is 11.3 Å². The zero-order chi connectivity index (χ0) is 14.4. The highest BCUT2D eigenvalue weighted by atomic mass is 19.1. The van der Waals surface area contributed by atoms with Crippen molar-refractivity contribution in [2.24, 2.45) is 0 Å². The quantitative estimate of drug-likeness (QED) is 0.790. The van der Waals surface area contributed by atoms with Crippen molar-refractivity contribution >= 4 is 6.08 Å². The highest BCUT2D eigenvalue weighted by Crippen LogP contribution is 2.15. The second-order valence-corrected chi connectivity index (χ2v) is 4.52. The molecule has 0 saturated carbocycles. The summed E-state index contributed by atoms with van der Waals surface area (Å²) in [6.45, 7) is 3.50. The van der Waals surface area contributed by atoms with E-state index in [9.17, 15) is 4.39 Å². The summed E-state index contributed by atoms with van der Waals surface area (Å²) in [4.78, 5) is 2.13. The van der Waals surface area contributed by atoms with Crippen LogP contribution in [0.15, 0.2) is 23.8 Å². The van der Waals surface area contributed by atoms with E-state index in [1.807, 2.05) is 0 Å². The number of morpholine rings is 1. The zero-order valence-electron chi connectivity index (χ0n) is 11.0. The molecule has 1 fully saturated rings. The Morgan fingerprint density at radius 2 is 2.00 bits per heavy atom. The molecule has 20 heavy (non-hydrogen) atoms. The molecule has 102 valence electrons. The lowest BCUT2D eigenvalue weighted by atomic mass is 10.1. The van der Waals surface area contributed by atoms with E-state index >= 15 is 0 Å². The van der Waals surface area contributed by atoms with Gasteiger partial charge in [-0.1, -0.05) is 12.1 Å². The fraction of sp³-hybridized carbons (Fsp3) is 0.333. The Morgan fingerprint density at radius 1 is 1.30 bits per heavy atom. The van der Waals surface area contributed by atoms with Gasteiger partial charge in [0.15, 0.2) is 0 Å². The maximum atomic E-state index is 14.0. The van der Waals surface area contributed by atoms with Crippen LogP contribution in [0.25, 0.3) is 6.08 Å². The molecule has 0 aromatic heterocycles. The first-order valence-corrected chi connectivity index (χ1v) is 6.33. The molecule has 4 nitrogen and oxygen atoms in total. The Morgan fingerprint density at radius 3 is 2.60 bits per heavy atom. The first-order chi connectivity index (χ1) is 9.72. The second kappa shape index (κ2) is 6.81. The molecule has 0 amide bonds. The van der Waals surface area contributed by atoms with E-state index in [0.29, 0.717) is 30.9 Å². The van der Waals surface area contributed by atoms with E-state index in [-0.39, 0.29) is 11.4 Å². The first kappa shape index (κ1) is 14.2. The summed E-state index contributed by atoms with van der Waals surface area (Å²) >= 11 is 0. The number of nitriles is 2. The number of hydrogen-bond donors (Lipinski definition) is 0. The Bertz CT molecular complexity index is 576. The summed E-state index contributed by atoms with van der Waals surface area (Å²) in [6.07, 6.45) is 1.38. The molecule has 1 aliphatic rings. The average molecular weight is 271 g/mol. The Balaban J connectivity index is 2.12. The molecule has 5 heteroatoms. The van der Waals surface area contributed by atoms with Crippen molar-refractivity contribution in [2.75, 3.05) is 26.3 Å². The molecule has 0 spiro atoms. The normalized spacial score (nSPS) is 15.2. The number of allylic oxidation sites excluding steroid dienone is 1. The van der Waals surface area contributed by atoms with Gasteiger partial charge in [0.2, 0.25) is 0 Å². The van der Waals surface area contributed by atoms with Gasteiger partial charge in [-0.2, -0.15) is 10.5 Å². The molecule has 2 rings (SSSR count). The highest BCUT2D eigenvalue weighted by molar-refractivity contribution is 5.62. The largest absolute Gasteiger partial charge is 0.379 e. The molecule has 0 aliphatic carbocycles. The number of benzene rings is 1. The average Bonchev–Trinajstić information content (AvgIpc) is 2.48. The maximum Gasteiger partial charge on any atom is 0.130 e. The van der Waals surface area contributed by atoms with E-state index in [1.54, 1.807) is 24.3 Å². The summed E-state index contributed by atoms with van der Waals surface area (Å²) < 4.78 is 19.3. The molecule has 0 bridgehead atoms. The molecule has 1 aliphatic heterocycles. The van der Waals surface area contributed by atoms with E-state index < -0.39 is 0 Å². The molecule has 0 unspecified atom stereocenters. The van der Waals surface area contributed by atoms with Crippen molar-refractivity contribution in [2.45, 2.75) is 6.54 Å². The number of rotatable bonds is 3. The van der Waals surface area contributed by atoms with Crippen LogP contribution in [0.4, 0.5) is 4.39 Å². The minimum absolute atomic E-state index is 0.0367. The van der Waals surface area contributed by atoms with Gasteiger partial charge in [0.05, 0.1) is 13.2 Å². The van der Waals surface area contributed by atoms with E-state index in [0.717, 1.165) is 13.1 Å². The van der Waals surface area contributed by atoms with Gasteiger partial charge < -0.3 is 4.74 Å². The zero-order valence-corrected chi connectivity index (χ0v) is 11.0. The topological polar surface area (TPSA) is 60.0 Å². The third-order valence-electron chi connectivity index (χ3n) is 3.13. The fourth-order valence-corrected chi connectivity index (χ4v) is 2.04. The van der Waals surface area contributed by atoms with Crippen LogP contribution in [0.5, 0.6) is 0 Å². The molecule has 1 aromatic rings. The monoisotopic (exact) mass is 271 g/mol. The molecular formula is C15H14FN3O. The van der Waals surface area contributed by atoms with Crippen LogP contribution in [0.2, 0.25) is 0 Å². The lowest BCUT2D eigenvalue weighted by Crippen LogP contribution is -2.35. The van der Waals surface area contributed by atoms with Crippen molar-refractivity contribution in [3.05, 3.63) is 40.7 Å². The van der Waals surface area contributed by atoms with Crippen LogP contribution in [0.3, 0.4) is 0 Å². The van der Waals surface area contributed by atoms with Gasteiger partial charge in [-0.05, 0) is 17.7 Å². The molecule has 1 heterocycles. The molecule has 0 N–H and O–H groups in total. The van der Waals surface area contributed by atoms with Gasteiger partial charge in [0.1, 0.15) is 23.5 Å². The van der Waals surface area contributed by atoms with Crippen LogP contribution < -0.4 is 0 Å².